The van der Waals surface area contributed by atoms with Crippen LogP contribution < -0.4 is 5.32 Å². The Bertz CT molecular complexity index is 737. The van der Waals surface area contributed by atoms with Gasteiger partial charge >= 0.3 is 6.18 Å². The van der Waals surface area contributed by atoms with Crippen molar-refractivity contribution >= 4 is 5.95 Å². The van der Waals surface area contributed by atoms with Crippen LogP contribution in [0.4, 0.5) is 19.1 Å². The summed E-state index contributed by atoms with van der Waals surface area (Å²) in [4.78, 5) is 6.39. The van der Waals surface area contributed by atoms with Gasteiger partial charge in [-0.1, -0.05) is 30.3 Å². The van der Waals surface area contributed by atoms with E-state index in [1.165, 1.54) is 11.9 Å². The van der Waals surface area contributed by atoms with Crippen molar-refractivity contribution in [1.82, 2.24) is 19.7 Å². The number of anilines is 1. The summed E-state index contributed by atoms with van der Waals surface area (Å²) < 4.78 is 41.3. The maximum atomic E-state index is 13.4. The summed E-state index contributed by atoms with van der Waals surface area (Å²) >= 11 is 0. The number of nitrogens with zero attached hydrogens (tertiary/aromatic N) is 4. The van der Waals surface area contributed by atoms with Gasteiger partial charge in [0.25, 0.3) is 0 Å². The standard InChI is InChI=1S/C19H24F3N5/c20-19(21,22)17-12-16(25-18-23-13-24-27(17)18)15-7-10-26(11-8-15)9-6-14-4-2-1-3-5-14/h1-5,13,15-17H,6-12H2,(H,23,24,25)/t16-,17+/m0/s1. The van der Waals surface area contributed by atoms with Crippen LogP contribution in [0, 0.1) is 5.92 Å². The monoisotopic (exact) mass is 379 g/mol. The minimum atomic E-state index is -4.31. The number of fused-ring (bicyclic) bond motifs is 1. The molecule has 0 amide bonds. The lowest BCUT2D eigenvalue weighted by atomic mass is 9.85. The first-order chi connectivity index (χ1) is 13.0. The maximum Gasteiger partial charge on any atom is 0.411 e. The Labute approximate surface area is 156 Å². The Hall–Kier alpha value is -2.09. The van der Waals surface area contributed by atoms with Gasteiger partial charge in [0.2, 0.25) is 5.95 Å². The summed E-state index contributed by atoms with van der Waals surface area (Å²) in [5, 5.41) is 6.96. The number of likely N-dealkylation sites (tertiary alicyclic amines) is 1. The van der Waals surface area contributed by atoms with Crippen molar-refractivity contribution in [3.8, 4) is 0 Å². The van der Waals surface area contributed by atoms with Crippen LogP contribution >= 0.6 is 0 Å². The van der Waals surface area contributed by atoms with E-state index in [2.05, 4.69) is 32.4 Å². The van der Waals surface area contributed by atoms with E-state index in [9.17, 15) is 13.2 Å². The molecule has 1 saturated heterocycles. The number of nitrogens with one attached hydrogen (secondary N) is 1. The summed E-state index contributed by atoms with van der Waals surface area (Å²) in [6.45, 7) is 2.85. The topological polar surface area (TPSA) is 46.0 Å². The van der Waals surface area contributed by atoms with Crippen molar-refractivity contribution in [3.63, 3.8) is 0 Å². The molecule has 0 spiro atoms. The van der Waals surface area contributed by atoms with Crippen molar-refractivity contribution < 1.29 is 13.2 Å². The highest BCUT2D eigenvalue weighted by atomic mass is 19.4. The summed E-state index contributed by atoms with van der Waals surface area (Å²) in [5.74, 6) is 0.466. The average molecular weight is 379 g/mol. The van der Waals surface area contributed by atoms with Crippen LogP contribution in [0.25, 0.3) is 0 Å². The Morgan fingerprint density at radius 1 is 1.11 bits per heavy atom. The molecule has 2 atom stereocenters. The third kappa shape index (κ3) is 4.10. The highest BCUT2D eigenvalue weighted by Gasteiger charge is 2.47. The SMILES string of the molecule is FC(F)(F)[C@H]1C[C@@H](C2CCN(CCc3ccccc3)CC2)Nc2ncnn21. The molecule has 1 aromatic carbocycles. The molecule has 146 valence electrons. The first-order valence-electron chi connectivity index (χ1n) is 9.50. The zero-order valence-corrected chi connectivity index (χ0v) is 15.1. The second-order valence-electron chi connectivity index (χ2n) is 7.49. The summed E-state index contributed by atoms with van der Waals surface area (Å²) in [6, 6.07) is 8.58. The van der Waals surface area contributed by atoms with Gasteiger partial charge in [-0.2, -0.15) is 23.3 Å². The van der Waals surface area contributed by atoms with Crippen molar-refractivity contribution in [2.75, 3.05) is 25.0 Å². The number of rotatable bonds is 4. The van der Waals surface area contributed by atoms with Crippen molar-refractivity contribution in [2.24, 2.45) is 5.92 Å². The first-order valence-corrected chi connectivity index (χ1v) is 9.50. The van der Waals surface area contributed by atoms with Gasteiger partial charge in [0, 0.05) is 12.6 Å². The van der Waals surface area contributed by atoms with Gasteiger partial charge in [0.1, 0.15) is 6.33 Å². The van der Waals surface area contributed by atoms with E-state index in [1.54, 1.807) is 0 Å². The van der Waals surface area contributed by atoms with Gasteiger partial charge in [-0.15, -0.1) is 0 Å². The second kappa shape index (κ2) is 7.50. The van der Waals surface area contributed by atoms with Crippen LogP contribution in [0.15, 0.2) is 36.7 Å². The highest BCUT2D eigenvalue weighted by molar-refractivity contribution is 5.30. The molecule has 2 aromatic rings. The van der Waals surface area contributed by atoms with E-state index in [4.69, 9.17) is 0 Å². The zero-order chi connectivity index (χ0) is 18.9. The molecule has 1 fully saturated rings. The molecule has 27 heavy (non-hydrogen) atoms. The second-order valence-corrected chi connectivity index (χ2v) is 7.49. The molecular formula is C19H24F3N5. The Morgan fingerprint density at radius 3 is 2.56 bits per heavy atom. The molecule has 1 aromatic heterocycles. The van der Waals surface area contributed by atoms with E-state index < -0.39 is 12.2 Å². The zero-order valence-electron chi connectivity index (χ0n) is 15.1. The fourth-order valence-corrected chi connectivity index (χ4v) is 4.24. The van der Waals surface area contributed by atoms with Gasteiger partial charge in [-0.3, -0.25) is 0 Å². The van der Waals surface area contributed by atoms with Crippen LogP contribution in [0.3, 0.4) is 0 Å². The quantitative estimate of drug-likeness (QED) is 0.883. The lowest BCUT2D eigenvalue weighted by Gasteiger charge is -2.40. The van der Waals surface area contributed by atoms with Crippen LogP contribution in [0.1, 0.15) is 30.9 Å². The Morgan fingerprint density at radius 2 is 1.85 bits per heavy atom. The Kier molecular flexibility index (Phi) is 5.08. The van der Waals surface area contributed by atoms with Crippen LogP contribution in [-0.2, 0) is 6.42 Å². The van der Waals surface area contributed by atoms with Gasteiger partial charge in [-0.25, -0.2) is 4.68 Å². The largest absolute Gasteiger partial charge is 0.411 e. The molecule has 0 unspecified atom stereocenters. The molecular weight excluding hydrogens is 355 g/mol. The van der Waals surface area contributed by atoms with Gasteiger partial charge in [0.15, 0.2) is 6.04 Å². The molecule has 0 saturated carbocycles. The third-order valence-electron chi connectivity index (χ3n) is 5.80. The fraction of sp³-hybridized carbons (Fsp3) is 0.579. The van der Waals surface area contributed by atoms with Gasteiger partial charge in [-0.05, 0) is 50.3 Å². The molecule has 2 aliphatic heterocycles. The van der Waals surface area contributed by atoms with Crippen molar-refractivity contribution in [2.45, 2.75) is 43.9 Å². The predicted octanol–water partition coefficient (Wildman–Crippen LogP) is 3.52. The molecule has 8 heteroatoms. The molecule has 0 bridgehead atoms. The Balaban J connectivity index is 1.33. The summed E-state index contributed by atoms with van der Waals surface area (Å²) in [6.07, 6.45) is -0.272. The average Bonchev–Trinajstić information content (AvgIpc) is 3.14. The predicted molar refractivity (Wildman–Crippen MR) is 96.5 cm³/mol. The van der Waals surface area contributed by atoms with Crippen LogP contribution in [0.5, 0.6) is 0 Å². The number of hydrogen-bond donors (Lipinski definition) is 1. The smallest absolute Gasteiger partial charge is 0.351 e. The van der Waals surface area contributed by atoms with Crippen LogP contribution in [0.2, 0.25) is 0 Å². The molecule has 1 N–H and O–H groups in total. The highest BCUT2D eigenvalue weighted by Crippen LogP contribution is 2.41. The number of aromatic nitrogens is 3. The van der Waals surface area contributed by atoms with Gasteiger partial charge < -0.3 is 10.2 Å². The molecule has 4 rings (SSSR count). The molecule has 5 nitrogen and oxygen atoms in total. The molecule has 3 heterocycles. The minimum absolute atomic E-state index is 0.0224. The van der Waals surface area contributed by atoms with E-state index in [0.29, 0.717) is 0 Å². The molecule has 2 aliphatic rings. The lowest BCUT2D eigenvalue weighted by molar-refractivity contribution is -0.174. The third-order valence-corrected chi connectivity index (χ3v) is 5.80. The number of piperidine rings is 1. The molecule has 0 radical (unpaired) electrons. The van der Waals surface area contributed by atoms with E-state index in [-0.39, 0.29) is 24.3 Å². The summed E-state index contributed by atoms with van der Waals surface area (Å²) in [5.41, 5.74) is 1.32. The minimum Gasteiger partial charge on any atom is -0.351 e. The fourth-order valence-electron chi connectivity index (χ4n) is 4.24. The number of hydrogen-bond acceptors (Lipinski definition) is 4. The molecule has 0 aliphatic carbocycles. The lowest BCUT2D eigenvalue weighted by Crippen LogP contribution is -2.46. The van der Waals surface area contributed by atoms with E-state index in [1.807, 2.05) is 18.2 Å². The van der Waals surface area contributed by atoms with Crippen molar-refractivity contribution in [1.29, 1.82) is 0 Å². The number of alkyl halides is 3. The normalized spacial score (nSPS) is 24.4. The first kappa shape index (κ1) is 18.3. The maximum absolute atomic E-state index is 13.4. The van der Waals surface area contributed by atoms with Crippen molar-refractivity contribution in [3.05, 3.63) is 42.2 Å². The van der Waals surface area contributed by atoms with E-state index >= 15 is 0 Å². The summed E-state index contributed by atoms with van der Waals surface area (Å²) in [7, 11) is 0. The number of benzene rings is 1. The van der Waals surface area contributed by atoms with Crippen LogP contribution in [-0.4, -0.2) is 51.5 Å². The van der Waals surface area contributed by atoms with Gasteiger partial charge in [0.05, 0.1) is 0 Å². The number of halogens is 3. The van der Waals surface area contributed by atoms with E-state index in [0.717, 1.165) is 43.6 Å².